The van der Waals surface area contributed by atoms with Gasteiger partial charge in [-0.25, -0.2) is 0 Å². The third-order valence-electron chi connectivity index (χ3n) is 4.36. The maximum atomic E-state index is 12.8. The van der Waals surface area contributed by atoms with Crippen LogP contribution >= 0.6 is 11.6 Å². The summed E-state index contributed by atoms with van der Waals surface area (Å²) in [6, 6.07) is 2.15. The lowest BCUT2D eigenvalue weighted by Crippen LogP contribution is -2.48. The van der Waals surface area contributed by atoms with Crippen LogP contribution in [0.3, 0.4) is 0 Å². The summed E-state index contributed by atoms with van der Waals surface area (Å²) in [5.41, 5.74) is 0.722. The predicted molar refractivity (Wildman–Crippen MR) is 75.5 cm³/mol. The molecule has 2 atom stereocenters. The molecule has 4 nitrogen and oxygen atoms in total. The van der Waals surface area contributed by atoms with E-state index in [2.05, 4.69) is 5.32 Å². The first-order chi connectivity index (χ1) is 9.20. The third kappa shape index (κ3) is 2.28. The molecule has 1 aromatic heterocycles. The van der Waals surface area contributed by atoms with Crippen molar-refractivity contribution in [3.05, 3.63) is 23.0 Å². The quantitative estimate of drug-likeness (QED) is 0.900. The topological polar surface area (TPSA) is 37.3 Å². The molecule has 19 heavy (non-hydrogen) atoms. The highest BCUT2D eigenvalue weighted by atomic mass is 35.5. The number of amides is 1. The highest BCUT2D eigenvalue weighted by Crippen LogP contribution is 2.28. The first-order valence-electron chi connectivity index (χ1n) is 7.08. The van der Waals surface area contributed by atoms with Crippen LogP contribution in [0.25, 0.3) is 0 Å². The lowest BCUT2D eigenvalue weighted by molar-refractivity contribution is 0.0564. The number of piperidine rings is 1. The molecule has 0 bridgehead atoms. The average molecular weight is 282 g/mol. The van der Waals surface area contributed by atoms with E-state index in [1.165, 1.54) is 6.42 Å². The summed E-state index contributed by atoms with van der Waals surface area (Å²) in [5, 5.41) is 4.05. The Kier molecular flexibility index (Phi) is 3.54. The van der Waals surface area contributed by atoms with Gasteiger partial charge in [0.2, 0.25) is 0 Å². The summed E-state index contributed by atoms with van der Waals surface area (Å²) in [6.45, 7) is 5.65. The molecule has 0 radical (unpaired) electrons. The molecule has 5 heteroatoms. The average Bonchev–Trinajstić information content (AvgIpc) is 3.03. The Hall–Kier alpha value is -1.00. The van der Waals surface area contributed by atoms with Gasteiger partial charge in [0, 0.05) is 38.4 Å². The number of rotatable bonds is 2. The number of fused-ring (bicyclic) bond motifs is 1. The molecule has 3 rings (SSSR count). The van der Waals surface area contributed by atoms with Gasteiger partial charge in [0.1, 0.15) is 5.69 Å². The Morgan fingerprint density at radius 2 is 2.37 bits per heavy atom. The smallest absolute Gasteiger partial charge is 0.270 e. The van der Waals surface area contributed by atoms with Crippen LogP contribution in [0, 0.1) is 5.92 Å². The van der Waals surface area contributed by atoms with Gasteiger partial charge in [0.05, 0.1) is 5.02 Å². The number of nitrogens with one attached hydrogen (secondary N) is 1. The van der Waals surface area contributed by atoms with Crippen molar-refractivity contribution < 1.29 is 4.79 Å². The zero-order valence-corrected chi connectivity index (χ0v) is 12.0. The van der Waals surface area contributed by atoms with Crippen molar-refractivity contribution >= 4 is 17.5 Å². The molecule has 2 unspecified atom stereocenters. The molecule has 0 saturated carbocycles. The molecule has 0 aromatic carbocycles. The van der Waals surface area contributed by atoms with Crippen LogP contribution in [0.15, 0.2) is 12.3 Å². The van der Waals surface area contributed by atoms with E-state index in [-0.39, 0.29) is 5.91 Å². The van der Waals surface area contributed by atoms with Crippen LogP contribution < -0.4 is 5.32 Å². The number of aromatic nitrogens is 1. The molecule has 2 fully saturated rings. The molecule has 1 aromatic rings. The maximum absolute atomic E-state index is 12.8. The Bertz CT molecular complexity index is 485. The van der Waals surface area contributed by atoms with Gasteiger partial charge in [-0.3, -0.25) is 4.79 Å². The van der Waals surface area contributed by atoms with E-state index in [1.807, 2.05) is 22.6 Å². The first kappa shape index (κ1) is 13.0. The van der Waals surface area contributed by atoms with Crippen molar-refractivity contribution in [3.63, 3.8) is 0 Å². The Morgan fingerprint density at radius 1 is 1.53 bits per heavy atom. The fraction of sp³-hybridized carbons (Fsp3) is 0.643. The van der Waals surface area contributed by atoms with E-state index in [0.717, 1.165) is 38.3 Å². The Morgan fingerprint density at radius 3 is 3.16 bits per heavy atom. The van der Waals surface area contributed by atoms with Crippen molar-refractivity contribution in [2.75, 3.05) is 19.6 Å². The van der Waals surface area contributed by atoms with E-state index in [4.69, 9.17) is 11.6 Å². The predicted octanol–water partition coefficient (Wildman–Crippen LogP) is 1.99. The van der Waals surface area contributed by atoms with Crippen molar-refractivity contribution in [1.29, 1.82) is 0 Å². The third-order valence-corrected chi connectivity index (χ3v) is 4.57. The summed E-state index contributed by atoms with van der Waals surface area (Å²) in [7, 11) is 0. The molecule has 0 spiro atoms. The molecule has 0 aliphatic carbocycles. The van der Waals surface area contributed by atoms with Crippen LogP contribution in [0.1, 0.15) is 30.3 Å². The first-order valence-corrected chi connectivity index (χ1v) is 7.46. The molecule has 2 aliphatic rings. The highest BCUT2D eigenvalue weighted by molar-refractivity contribution is 6.31. The highest BCUT2D eigenvalue weighted by Gasteiger charge is 2.38. The van der Waals surface area contributed by atoms with E-state index in [0.29, 0.717) is 17.0 Å². The van der Waals surface area contributed by atoms with E-state index in [9.17, 15) is 4.79 Å². The fourth-order valence-electron chi connectivity index (χ4n) is 3.38. The van der Waals surface area contributed by atoms with Crippen molar-refractivity contribution in [2.24, 2.45) is 5.92 Å². The van der Waals surface area contributed by atoms with Crippen molar-refractivity contribution in [3.8, 4) is 0 Å². The van der Waals surface area contributed by atoms with E-state index < -0.39 is 0 Å². The van der Waals surface area contributed by atoms with E-state index in [1.54, 1.807) is 6.07 Å². The van der Waals surface area contributed by atoms with Gasteiger partial charge in [-0.05, 0) is 31.7 Å². The Balaban J connectivity index is 1.86. The SMILES string of the molecule is CCn1cc(Cl)cc1C(=O)N1CCCC2CNCC21. The van der Waals surface area contributed by atoms with Gasteiger partial charge < -0.3 is 14.8 Å². The standard InChI is InChI=1S/C14H20ClN3O/c1-2-17-9-11(15)6-12(17)14(19)18-5-3-4-10-7-16-8-13(10)18/h6,9-10,13,16H,2-5,7-8H2,1H3. The van der Waals surface area contributed by atoms with Crippen molar-refractivity contribution in [1.82, 2.24) is 14.8 Å². The monoisotopic (exact) mass is 281 g/mol. The van der Waals surface area contributed by atoms with Gasteiger partial charge >= 0.3 is 0 Å². The number of nitrogens with zero attached hydrogens (tertiary/aromatic N) is 2. The zero-order chi connectivity index (χ0) is 13.4. The van der Waals surface area contributed by atoms with Gasteiger partial charge in [-0.1, -0.05) is 11.6 Å². The summed E-state index contributed by atoms with van der Waals surface area (Å²) in [4.78, 5) is 14.8. The number of carbonyl (C=O) groups is 1. The normalized spacial score (nSPS) is 26.5. The van der Waals surface area contributed by atoms with E-state index >= 15 is 0 Å². The largest absolute Gasteiger partial charge is 0.342 e. The molecule has 1 amide bonds. The van der Waals surface area contributed by atoms with Crippen LogP contribution in [0.5, 0.6) is 0 Å². The number of halogens is 1. The summed E-state index contributed by atoms with van der Waals surface area (Å²) >= 11 is 6.03. The lowest BCUT2D eigenvalue weighted by atomic mass is 9.92. The lowest BCUT2D eigenvalue weighted by Gasteiger charge is -2.37. The van der Waals surface area contributed by atoms with Gasteiger partial charge in [-0.15, -0.1) is 0 Å². The minimum absolute atomic E-state index is 0.132. The van der Waals surface area contributed by atoms with Gasteiger partial charge in [0.25, 0.3) is 5.91 Å². The van der Waals surface area contributed by atoms with Crippen LogP contribution in [-0.2, 0) is 6.54 Å². The minimum Gasteiger partial charge on any atom is -0.342 e. The second-order valence-electron chi connectivity index (χ2n) is 5.46. The maximum Gasteiger partial charge on any atom is 0.270 e. The number of hydrogen-bond donors (Lipinski definition) is 1. The molecule has 2 aliphatic heterocycles. The van der Waals surface area contributed by atoms with Crippen LogP contribution in [0.4, 0.5) is 0 Å². The molecule has 104 valence electrons. The fourth-order valence-corrected chi connectivity index (χ4v) is 3.60. The number of hydrogen-bond acceptors (Lipinski definition) is 2. The van der Waals surface area contributed by atoms with Crippen molar-refractivity contribution in [2.45, 2.75) is 32.4 Å². The van der Waals surface area contributed by atoms with Gasteiger partial charge in [-0.2, -0.15) is 0 Å². The molecular weight excluding hydrogens is 262 g/mol. The zero-order valence-electron chi connectivity index (χ0n) is 11.2. The molecule has 2 saturated heterocycles. The summed E-state index contributed by atoms with van der Waals surface area (Å²) in [5.74, 6) is 0.755. The Labute approximate surface area is 118 Å². The number of carbonyl (C=O) groups excluding carboxylic acids is 1. The second-order valence-corrected chi connectivity index (χ2v) is 5.89. The molecular formula is C14H20ClN3O. The number of aryl methyl sites for hydroxylation is 1. The molecule has 3 heterocycles. The van der Waals surface area contributed by atoms with Crippen LogP contribution in [0.2, 0.25) is 5.02 Å². The molecule has 1 N–H and O–H groups in total. The summed E-state index contributed by atoms with van der Waals surface area (Å²) < 4.78 is 1.94. The van der Waals surface area contributed by atoms with Gasteiger partial charge in [0.15, 0.2) is 0 Å². The minimum atomic E-state index is 0.132. The number of likely N-dealkylation sites (tertiary alicyclic amines) is 1. The second kappa shape index (κ2) is 5.17. The summed E-state index contributed by atoms with van der Waals surface area (Å²) in [6.07, 6.45) is 4.18. The van der Waals surface area contributed by atoms with Crippen LogP contribution in [-0.4, -0.2) is 41.1 Å².